The molecule has 7 heteroatoms. The van der Waals surface area contributed by atoms with Crippen molar-refractivity contribution in [3.8, 4) is 5.00 Å². The zero-order chi connectivity index (χ0) is 17.6. The van der Waals surface area contributed by atoms with Crippen molar-refractivity contribution in [1.29, 1.82) is 0 Å². The van der Waals surface area contributed by atoms with Gasteiger partial charge in [-0.3, -0.25) is 9.56 Å². The van der Waals surface area contributed by atoms with Gasteiger partial charge in [0.15, 0.2) is 5.82 Å². The van der Waals surface area contributed by atoms with E-state index in [1.807, 2.05) is 38.1 Å². The normalized spacial score (nSPS) is 16.2. The lowest BCUT2D eigenvalue weighted by molar-refractivity contribution is 0.300. The Morgan fingerprint density at radius 3 is 2.72 bits per heavy atom. The predicted octanol–water partition coefficient (Wildman–Crippen LogP) is 3.74. The second-order valence-electron chi connectivity index (χ2n) is 6.01. The third-order valence-electron chi connectivity index (χ3n) is 4.24. The predicted molar refractivity (Wildman–Crippen MR) is 100 cm³/mol. The van der Waals surface area contributed by atoms with Crippen molar-refractivity contribution in [2.75, 3.05) is 6.61 Å². The van der Waals surface area contributed by atoms with Gasteiger partial charge in [-0.1, -0.05) is 23.7 Å². The first-order valence-electron chi connectivity index (χ1n) is 8.08. The molecule has 0 amide bonds. The van der Waals surface area contributed by atoms with Gasteiger partial charge in [-0.05, 0) is 32.0 Å². The van der Waals surface area contributed by atoms with E-state index in [0.29, 0.717) is 11.4 Å². The van der Waals surface area contributed by atoms with E-state index >= 15 is 0 Å². The van der Waals surface area contributed by atoms with Crippen LogP contribution in [0.3, 0.4) is 0 Å². The van der Waals surface area contributed by atoms with Crippen LogP contribution in [0.1, 0.15) is 40.6 Å². The average Bonchev–Trinajstić information content (AvgIpc) is 3.14. The summed E-state index contributed by atoms with van der Waals surface area (Å²) in [4.78, 5) is 6.05. The first-order valence-corrected chi connectivity index (χ1v) is 9.28. The molecule has 2 aromatic heterocycles. The van der Waals surface area contributed by atoms with Crippen LogP contribution in [0.5, 0.6) is 0 Å². The first kappa shape index (κ1) is 16.4. The molecule has 1 unspecified atom stereocenters. The molecule has 3 heterocycles. The second-order valence-corrected chi connectivity index (χ2v) is 7.56. The van der Waals surface area contributed by atoms with Crippen LogP contribution < -0.4 is 0 Å². The molecule has 25 heavy (non-hydrogen) atoms. The molecule has 3 aromatic rings. The number of rotatable bonds is 3. The monoisotopic (exact) mass is 372 g/mol. The van der Waals surface area contributed by atoms with Crippen molar-refractivity contribution >= 4 is 28.6 Å². The number of aliphatic hydroxyl groups is 1. The zero-order valence-electron chi connectivity index (χ0n) is 13.9. The number of aliphatic hydroxyl groups excluding tert-OH is 1. The van der Waals surface area contributed by atoms with Crippen LogP contribution in [0.2, 0.25) is 5.02 Å². The van der Waals surface area contributed by atoms with E-state index in [9.17, 15) is 5.11 Å². The van der Waals surface area contributed by atoms with E-state index in [2.05, 4.69) is 20.8 Å². The van der Waals surface area contributed by atoms with Gasteiger partial charge in [0.25, 0.3) is 0 Å². The number of aromatic nitrogens is 3. The Kier molecular flexibility index (Phi) is 4.19. The highest BCUT2D eigenvalue weighted by molar-refractivity contribution is 7.15. The van der Waals surface area contributed by atoms with Crippen molar-refractivity contribution in [3.05, 3.63) is 63.0 Å². The van der Waals surface area contributed by atoms with Crippen molar-refractivity contribution < 1.29 is 5.11 Å². The lowest BCUT2D eigenvalue weighted by Gasteiger charge is -2.07. The molecule has 0 aliphatic carbocycles. The molecule has 4 rings (SSSR count). The molecular weight excluding hydrogens is 356 g/mol. The van der Waals surface area contributed by atoms with Crippen LogP contribution in [0, 0.1) is 6.92 Å². The van der Waals surface area contributed by atoms with Crippen LogP contribution in [0.4, 0.5) is 0 Å². The summed E-state index contributed by atoms with van der Waals surface area (Å²) in [6, 6.07) is 9.74. The van der Waals surface area contributed by atoms with Crippen LogP contribution in [0.25, 0.3) is 5.00 Å². The van der Waals surface area contributed by atoms with Crippen LogP contribution >= 0.6 is 22.9 Å². The van der Waals surface area contributed by atoms with Crippen LogP contribution in [-0.4, -0.2) is 32.2 Å². The van der Waals surface area contributed by atoms with Crippen molar-refractivity contribution in [2.24, 2.45) is 4.99 Å². The topological polar surface area (TPSA) is 63.3 Å². The lowest BCUT2D eigenvalue weighted by Crippen LogP contribution is -2.05. The molecule has 1 aliphatic rings. The number of nitrogens with zero attached hydrogens (tertiary/aromatic N) is 4. The molecule has 0 saturated heterocycles. The Balaban J connectivity index is 1.96. The summed E-state index contributed by atoms with van der Waals surface area (Å²) in [7, 11) is 0. The van der Waals surface area contributed by atoms with E-state index in [-0.39, 0.29) is 12.6 Å². The molecule has 128 valence electrons. The van der Waals surface area contributed by atoms with Crippen LogP contribution in [0.15, 0.2) is 35.3 Å². The Hall–Kier alpha value is -2.02. The molecule has 0 bridgehead atoms. The maximum absolute atomic E-state index is 9.33. The number of thiophene rings is 1. The fourth-order valence-corrected chi connectivity index (χ4v) is 4.39. The maximum atomic E-state index is 9.33. The minimum atomic E-state index is -0.104. The number of hydrogen-bond acceptors (Lipinski definition) is 5. The van der Waals surface area contributed by atoms with E-state index in [1.165, 1.54) is 0 Å². The molecule has 1 N–H and O–H groups in total. The highest BCUT2D eigenvalue weighted by Crippen LogP contribution is 2.36. The summed E-state index contributed by atoms with van der Waals surface area (Å²) in [5, 5.41) is 19.7. The number of hydrogen-bond donors (Lipinski definition) is 1. The summed E-state index contributed by atoms with van der Waals surface area (Å²) in [5.74, 6) is 1.67. The van der Waals surface area contributed by atoms with Gasteiger partial charge in [0.2, 0.25) is 0 Å². The van der Waals surface area contributed by atoms with Crippen molar-refractivity contribution in [1.82, 2.24) is 14.8 Å². The largest absolute Gasteiger partial charge is 0.396 e. The van der Waals surface area contributed by atoms with E-state index in [4.69, 9.17) is 16.6 Å². The lowest BCUT2D eigenvalue weighted by atomic mass is 10.0. The van der Waals surface area contributed by atoms with E-state index in [0.717, 1.165) is 38.4 Å². The van der Waals surface area contributed by atoms with Crippen LogP contribution in [-0.2, 0) is 6.42 Å². The van der Waals surface area contributed by atoms with E-state index in [1.54, 1.807) is 11.3 Å². The quantitative estimate of drug-likeness (QED) is 0.761. The molecule has 1 aromatic carbocycles. The smallest absolute Gasteiger partial charge is 0.162 e. The molecule has 0 spiro atoms. The van der Waals surface area contributed by atoms with Gasteiger partial charge in [0.05, 0.1) is 5.71 Å². The Morgan fingerprint density at radius 2 is 2.00 bits per heavy atom. The number of halogens is 1. The summed E-state index contributed by atoms with van der Waals surface area (Å²) >= 11 is 7.70. The van der Waals surface area contributed by atoms with Gasteiger partial charge in [-0.2, -0.15) is 0 Å². The highest BCUT2D eigenvalue weighted by atomic mass is 35.5. The Labute approximate surface area is 154 Å². The third-order valence-corrected chi connectivity index (χ3v) is 5.68. The first-order chi connectivity index (χ1) is 12.1. The fourth-order valence-electron chi connectivity index (χ4n) is 3.06. The van der Waals surface area contributed by atoms with Gasteiger partial charge in [-0.15, -0.1) is 21.5 Å². The van der Waals surface area contributed by atoms with E-state index < -0.39 is 0 Å². The summed E-state index contributed by atoms with van der Waals surface area (Å²) in [6.45, 7) is 4.10. The Bertz CT molecular complexity index is 958. The molecular formula is C18H17ClN4OS. The summed E-state index contributed by atoms with van der Waals surface area (Å²) < 4.78 is 2.08. The van der Waals surface area contributed by atoms with Gasteiger partial charge in [-0.25, -0.2) is 0 Å². The van der Waals surface area contributed by atoms with Gasteiger partial charge in [0, 0.05) is 34.1 Å². The van der Waals surface area contributed by atoms with Crippen molar-refractivity contribution in [2.45, 2.75) is 26.3 Å². The highest BCUT2D eigenvalue weighted by Gasteiger charge is 2.27. The molecule has 1 atom stereocenters. The molecule has 1 aliphatic heterocycles. The molecule has 0 fully saturated rings. The third kappa shape index (κ3) is 2.80. The molecule has 0 saturated carbocycles. The summed E-state index contributed by atoms with van der Waals surface area (Å²) in [6.07, 6.45) is 0.623. The Morgan fingerprint density at radius 1 is 1.24 bits per heavy atom. The maximum Gasteiger partial charge on any atom is 0.162 e. The summed E-state index contributed by atoms with van der Waals surface area (Å²) in [5.41, 5.74) is 2.98. The number of fused-ring (bicyclic) bond motifs is 3. The fraction of sp³-hybridized carbons (Fsp3) is 0.278. The SMILES string of the molecule is Cc1nnc2n1-c1sc(CCO)cc1C(c1ccc(Cl)cc1)=NC2C. The average molecular weight is 373 g/mol. The van der Waals surface area contributed by atoms with Gasteiger partial charge in [0.1, 0.15) is 16.9 Å². The second kappa shape index (κ2) is 6.37. The van der Waals surface area contributed by atoms with Crippen molar-refractivity contribution in [3.63, 3.8) is 0 Å². The van der Waals surface area contributed by atoms with Gasteiger partial charge >= 0.3 is 0 Å². The zero-order valence-corrected chi connectivity index (χ0v) is 15.5. The number of benzene rings is 1. The standard InChI is InChI=1S/C18H17ClN4OS/c1-10-17-22-21-11(2)23(17)18-15(9-14(25-18)7-8-24)16(20-10)12-3-5-13(19)6-4-12/h3-6,9-10,24H,7-8H2,1-2H3. The minimum Gasteiger partial charge on any atom is -0.396 e. The molecule has 5 nitrogen and oxygen atoms in total. The molecule has 0 radical (unpaired) electrons. The minimum absolute atomic E-state index is 0.104. The van der Waals surface area contributed by atoms with Gasteiger partial charge < -0.3 is 5.11 Å². The number of aryl methyl sites for hydroxylation is 1. The number of aliphatic imine (C=N–C) groups is 1.